The predicted octanol–water partition coefficient (Wildman–Crippen LogP) is 3.07. The first-order valence-electron chi connectivity index (χ1n) is 6.52. The summed E-state index contributed by atoms with van der Waals surface area (Å²) in [6, 6.07) is 0. The number of nitrogens with zero attached hydrogens (tertiary/aromatic N) is 2. The quantitative estimate of drug-likeness (QED) is 0.386. The van der Waals surface area contributed by atoms with Gasteiger partial charge >= 0.3 is 0 Å². The van der Waals surface area contributed by atoms with Gasteiger partial charge in [-0.3, -0.25) is 0 Å². The van der Waals surface area contributed by atoms with E-state index in [1.54, 1.807) is 0 Å². The molecule has 92 valence electrons. The van der Waals surface area contributed by atoms with Crippen LogP contribution in [0.15, 0.2) is 18.7 Å². The molecule has 0 aliphatic heterocycles. The van der Waals surface area contributed by atoms with Crippen molar-refractivity contribution in [2.75, 3.05) is 5.75 Å². The highest BCUT2D eigenvalue weighted by molar-refractivity contribution is 7.80. The van der Waals surface area contributed by atoms with Gasteiger partial charge in [-0.2, -0.15) is 12.6 Å². The van der Waals surface area contributed by atoms with Gasteiger partial charge in [0.2, 0.25) is 6.33 Å². The van der Waals surface area contributed by atoms with Gasteiger partial charge in [-0.15, -0.1) is 0 Å². The largest absolute Gasteiger partial charge is 0.243 e. The predicted molar refractivity (Wildman–Crippen MR) is 71.9 cm³/mol. The van der Waals surface area contributed by atoms with Gasteiger partial charge in [0, 0.05) is 0 Å². The standard InChI is InChI=1S/C13H24N2S/c1-2-3-8-14-10-11-15(13-14)9-6-4-5-7-12-16/h10-11,13H,2-9,12H2,1H3/p+1. The topological polar surface area (TPSA) is 8.81 Å². The van der Waals surface area contributed by atoms with Crippen LogP contribution in [0.2, 0.25) is 0 Å². The third-order valence-electron chi connectivity index (χ3n) is 2.84. The van der Waals surface area contributed by atoms with Crippen molar-refractivity contribution >= 4 is 12.6 Å². The zero-order valence-electron chi connectivity index (χ0n) is 10.4. The number of aryl methyl sites for hydroxylation is 2. The average molecular weight is 241 g/mol. The van der Waals surface area contributed by atoms with E-state index in [4.69, 9.17) is 0 Å². The van der Waals surface area contributed by atoms with Gasteiger partial charge < -0.3 is 0 Å². The van der Waals surface area contributed by atoms with Crippen LogP contribution >= 0.6 is 12.6 Å². The minimum absolute atomic E-state index is 1.03. The molecule has 1 aromatic rings. The normalized spacial score (nSPS) is 10.9. The van der Waals surface area contributed by atoms with E-state index in [-0.39, 0.29) is 0 Å². The molecule has 0 saturated carbocycles. The minimum Gasteiger partial charge on any atom is -0.237 e. The maximum Gasteiger partial charge on any atom is 0.243 e. The summed E-state index contributed by atoms with van der Waals surface area (Å²) >= 11 is 4.22. The number of unbranched alkanes of at least 4 members (excludes halogenated alkanes) is 4. The molecular formula is C13H25N2S+. The van der Waals surface area contributed by atoms with Gasteiger partial charge in [-0.05, 0) is 31.4 Å². The van der Waals surface area contributed by atoms with E-state index in [1.165, 1.54) is 38.5 Å². The second-order valence-corrected chi connectivity index (χ2v) is 4.83. The van der Waals surface area contributed by atoms with Crippen molar-refractivity contribution in [1.29, 1.82) is 0 Å². The molecule has 0 aliphatic carbocycles. The molecule has 3 heteroatoms. The molecular weight excluding hydrogens is 216 g/mol. The molecule has 0 unspecified atom stereocenters. The Morgan fingerprint density at radius 1 is 1.12 bits per heavy atom. The Balaban J connectivity index is 2.14. The summed E-state index contributed by atoms with van der Waals surface area (Å²) in [7, 11) is 0. The Morgan fingerprint density at radius 2 is 1.94 bits per heavy atom. The van der Waals surface area contributed by atoms with Crippen LogP contribution in [0.25, 0.3) is 0 Å². The van der Waals surface area contributed by atoms with Crippen molar-refractivity contribution in [3.63, 3.8) is 0 Å². The van der Waals surface area contributed by atoms with Gasteiger partial charge in [0.25, 0.3) is 0 Å². The number of hydrogen-bond donors (Lipinski definition) is 1. The van der Waals surface area contributed by atoms with E-state index in [1.807, 2.05) is 0 Å². The molecule has 0 radical (unpaired) electrons. The van der Waals surface area contributed by atoms with Crippen molar-refractivity contribution in [2.24, 2.45) is 0 Å². The lowest BCUT2D eigenvalue weighted by molar-refractivity contribution is -0.696. The Bertz CT molecular complexity index is 271. The molecule has 0 fully saturated rings. The highest BCUT2D eigenvalue weighted by Gasteiger charge is 2.02. The van der Waals surface area contributed by atoms with Gasteiger partial charge in [-0.1, -0.05) is 19.8 Å². The minimum atomic E-state index is 1.03. The highest BCUT2D eigenvalue weighted by atomic mass is 32.1. The van der Waals surface area contributed by atoms with Crippen LogP contribution in [0.1, 0.15) is 45.4 Å². The smallest absolute Gasteiger partial charge is 0.237 e. The Labute approximate surface area is 105 Å². The molecule has 0 bridgehead atoms. The lowest BCUT2D eigenvalue weighted by Gasteiger charge is -1.97. The van der Waals surface area contributed by atoms with Crippen LogP contribution in [0.5, 0.6) is 0 Å². The number of aromatic nitrogens is 2. The number of thiol groups is 1. The summed E-state index contributed by atoms with van der Waals surface area (Å²) in [5.41, 5.74) is 0. The molecule has 1 aromatic heterocycles. The van der Waals surface area contributed by atoms with Gasteiger partial charge in [0.1, 0.15) is 12.4 Å². The van der Waals surface area contributed by atoms with Crippen molar-refractivity contribution in [3.8, 4) is 0 Å². The molecule has 16 heavy (non-hydrogen) atoms. The van der Waals surface area contributed by atoms with E-state index < -0.39 is 0 Å². The summed E-state index contributed by atoms with van der Waals surface area (Å²) in [6.45, 7) is 4.55. The van der Waals surface area contributed by atoms with Crippen LogP contribution < -0.4 is 4.57 Å². The Kier molecular flexibility index (Phi) is 7.39. The first-order valence-corrected chi connectivity index (χ1v) is 7.15. The summed E-state index contributed by atoms with van der Waals surface area (Å²) in [4.78, 5) is 0. The molecule has 0 aromatic carbocycles. The second-order valence-electron chi connectivity index (χ2n) is 4.38. The average Bonchev–Trinajstić information content (AvgIpc) is 2.74. The fourth-order valence-corrected chi connectivity index (χ4v) is 2.03. The molecule has 2 nitrogen and oxygen atoms in total. The fourth-order valence-electron chi connectivity index (χ4n) is 1.80. The maximum atomic E-state index is 4.22. The summed E-state index contributed by atoms with van der Waals surface area (Å²) in [5.74, 6) is 1.03. The molecule has 0 spiro atoms. The van der Waals surface area contributed by atoms with E-state index >= 15 is 0 Å². The van der Waals surface area contributed by atoms with Gasteiger partial charge in [0.05, 0.1) is 13.1 Å². The molecule has 0 atom stereocenters. The van der Waals surface area contributed by atoms with Crippen LogP contribution in [0.3, 0.4) is 0 Å². The monoisotopic (exact) mass is 241 g/mol. The zero-order chi connectivity index (χ0) is 11.6. The van der Waals surface area contributed by atoms with Crippen LogP contribution in [-0.2, 0) is 13.1 Å². The Hall–Kier alpha value is -0.440. The lowest BCUT2D eigenvalue weighted by atomic mass is 10.2. The summed E-state index contributed by atoms with van der Waals surface area (Å²) in [6.07, 6.45) is 14.3. The van der Waals surface area contributed by atoms with Crippen LogP contribution in [0, 0.1) is 0 Å². The maximum absolute atomic E-state index is 4.22. The fraction of sp³-hybridized carbons (Fsp3) is 0.769. The van der Waals surface area contributed by atoms with Crippen molar-refractivity contribution in [3.05, 3.63) is 18.7 Å². The molecule has 1 heterocycles. The number of rotatable bonds is 9. The third-order valence-corrected chi connectivity index (χ3v) is 3.16. The first kappa shape index (κ1) is 13.6. The molecule has 0 amide bonds. The van der Waals surface area contributed by atoms with Crippen molar-refractivity contribution < 1.29 is 4.57 Å². The van der Waals surface area contributed by atoms with Crippen LogP contribution in [0.4, 0.5) is 0 Å². The van der Waals surface area contributed by atoms with Crippen LogP contribution in [-0.4, -0.2) is 10.3 Å². The molecule has 1 rings (SSSR count). The molecule has 0 aliphatic rings. The molecule has 0 N–H and O–H groups in total. The summed E-state index contributed by atoms with van der Waals surface area (Å²) in [5, 5.41) is 0. The molecule has 0 saturated heterocycles. The first-order chi connectivity index (χ1) is 7.86. The van der Waals surface area contributed by atoms with Gasteiger partial charge in [0.15, 0.2) is 0 Å². The van der Waals surface area contributed by atoms with Crippen molar-refractivity contribution in [1.82, 2.24) is 4.57 Å². The number of hydrogen-bond acceptors (Lipinski definition) is 1. The van der Waals surface area contributed by atoms with E-state index in [0.29, 0.717) is 0 Å². The van der Waals surface area contributed by atoms with E-state index in [2.05, 4.69) is 47.4 Å². The number of imidazole rings is 1. The van der Waals surface area contributed by atoms with E-state index in [9.17, 15) is 0 Å². The Morgan fingerprint density at radius 3 is 2.69 bits per heavy atom. The van der Waals surface area contributed by atoms with E-state index in [0.717, 1.165) is 18.8 Å². The third kappa shape index (κ3) is 5.59. The summed E-state index contributed by atoms with van der Waals surface area (Å²) < 4.78 is 4.59. The SMILES string of the molecule is CCCCn1cc[n+](CCCCCCS)c1. The second kappa shape index (κ2) is 8.68. The highest BCUT2D eigenvalue weighted by Crippen LogP contribution is 2.01. The lowest BCUT2D eigenvalue weighted by Crippen LogP contribution is -2.30. The van der Waals surface area contributed by atoms with Gasteiger partial charge in [-0.25, -0.2) is 9.13 Å². The van der Waals surface area contributed by atoms with Crippen molar-refractivity contribution in [2.45, 2.75) is 58.5 Å². The zero-order valence-corrected chi connectivity index (χ0v) is 11.3.